The molecule has 4 nitrogen and oxygen atoms in total. The Kier molecular flexibility index (Phi) is 7.54. The molecule has 1 aliphatic heterocycles. The Morgan fingerprint density at radius 1 is 1.43 bits per heavy atom. The van der Waals surface area contributed by atoms with Crippen LogP contribution in [0.15, 0.2) is 30.3 Å². The van der Waals surface area contributed by atoms with Crippen molar-refractivity contribution in [3.05, 3.63) is 30.3 Å². The molecule has 0 radical (unpaired) electrons. The van der Waals surface area contributed by atoms with E-state index >= 15 is 0 Å². The van der Waals surface area contributed by atoms with Crippen molar-refractivity contribution in [1.82, 2.24) is 5.32 Å². The number of hydrogen-bond donors (Lipinski definition) is 2. The van der Waals surface area contributed by atoms with E-state index in [-0.39, 0.29) is 24.4 Å². The highest BCUT2D eigenvalue weighted by atomic mass is 35.5. The zero-order valence-corrected chi connectivity index (χ0v) is 13.4. The predicted molar refractivity (Wildman–Crippen MR) is 89.9 cm³/mol. The van der Waals surface area contributed by atoms with Crippen LogP contribution in [0, 0.1) is 5.92 Å². The van der Waals surface area contributed by atoms with E-state index in [1.165, 1.54) is 5.69 Å². The van der Waals surface area contributed by atoms with E-state index in [2.05, 4.69) is 34.5 Å². The molecule has 118 valence electrons. The van der Waals surface area contributed by atoms with Crippen molar-refractivity contribution in [1.29, 1.82) is 0 Å². The first-order valence-electron chi connectivity index (χ1n) is 7.54. The summed E-state index contributed by atoms with van der Waals surface area (Å²) in [6, 6.07) is 10.1. The number of nitrogens with one attached hydrogen (secondary N) is 1. The third-order valence-electron chi connectivity index (χ3n) is 3.91. The zero-order chi connectivity index (χ0) is 14.4. The fourth-order valence-corrected chi connectivity index (χ4v) is 2.69. The van der Waals surface area contributed by atoms with E-state index in [9.17, 15) is 4.79 Å². The van der Waals surface area contributed by atoms with Crippen LogP contribution < -0.4 is 16.0 Å². The molecule has 2 rings (SSSR count). The molecule has 3 N–H and O–H groups in total. The molecular weight excluding hydrogens is 286 g/mol. The number of nitrogens with zero attached hydrogens (tertiary/aromatic N) is 1. The van der Waals surface area contributed by atoms with Gasteiger partial charge in [0.1, 0.15) is 0 Å². The zero-order valence-electron chi connectivity index (χ0n) is 12.6. The summed E-state index contributed by atoms with van der Waals surface area (Å²) in [4.78, 5) is 14.2. The molecule has 0 bridgehead atoms. The molecule has 2 atom stereocenters. The monoisotopic (exact) mass is 311 g/mol. The maximum atomic E-state index is 11.8. The number of halogens is 1. The quantitative estimate of drug-likeness (QED) is 0.846. The highest BCUT2D eigenvalue weighted by Gasteiger charge is 2.23. The summed E-state index contributed by atoms with van der Waals surface area (Å²) in [5.74, 6) is 0.512. The molecule has 0 aliphatic carbocycles. The average Bonchev–Trinajstić information content (AvgIpc) is 2.95. The van der Waals surface area contributed by atoms with E-state index in [0.29, 0.717) is 5.92 Å². The third kappa shape index (κ3) is 5.21. The van der Waals surface area contributed by atoms with Crippen LogP contribution in [0.3, 0.4) is 0 Å². The molecule has 1 amide bonds. The maximum absolute atomic E-state index is 11.8. The second-order valence-corrected chi connectivity index (χ2v) is 5.58. The largest absolute Gasteiger partial charge is 0.371 e. The van der Waals surface area contributed by atoms with Crippen molar-refractivity contribution in [2.75, 3.05) is 24.5 Å². The Bertz CT molecular complexity index is 427. The SMILES string of the molecule is CCCC(N)C(=O)NCC1CCN(c2ccccc2)C1.Cl. The van der Waals surface area contributed by atoms with E-state index < -0.39 is 0 Å². The van der Waals surface area contributed by atoms with Crippen molar-refractivity contribution in [2.45, 2.75) is 32.2 Å². The number of amides is 1. The Morgan fingerprint density at radius 2 is 2.14 bits per heavy atom. The first-order chi connectivity index (χ1) is 9.70. The van der Waals surface area contributed by atoms with Gasteiger partial charge in [-0.3, -0.25) is 4.79 Å². The lowest BCUT2D eigenvalue weighted by atomic mass is 10.1. The van der Waals surface area contributed by atoms with Crippen LogP contribution >= 0.6 is 12.4 Å². The van der Waals surface area contributed by atoms with Crippen LogP contribution in [0.4, 0.5) is 5.69 Å². The van der Waals surface area contributed by atoms with Gasteiger partial charge < -0.3 is 16.0 Å². The normalized spacial score (nSPS) is 19.0. The molecule has 1 aromatic carbocycles. The van der Waals surface area contributed by atoms with Gasteiger partial charge in [-0.15, -0.1) is 12.4 Å². The third-order valence-corrected chi connectivity index (χ3v) is 3.91. The van der Waals surface area contributed by atoms with Gasteiger partial charge in [-0.25, -0.2) is 0 Å². The van der Waals surface area contributed by atoms with Crippen LogP contribution in [0.5, 0.6) is 0 Å². The first kappa shape index (κ1) is 17.8. The Hall–Kier alpha value is -1.26. The predicted octanol–water partition coefficient (Wildman–Crippen LogP) is 2.18. The summed E-state index contributed by atoms with van der Waals surface area (Å²) >= 11 is 0. The van der Waals surface area contributed by atoms with Crippen LogP contribution in [-0.4, -0.2) is 31.6 Å². The van der Waals surface area contributed by atoms with Gasteiger partial charge in [0.25, 0.3) is 0 Å². The number of rotatable bonds is 6. The molecule has 1 saturated heterocycles. The molecule has 5 heteroatoms. The average molecular weight is 312 g/mol. The Morgan fingerprint density at radius 3 is 2.81 bits per heavy atom. The minimum atomic E-state index is -0.355. The van der Waals surface area contributed by atoms with Gasteiger partial charge in [0, 0.05) is 25.3 Å². The molecule has 1 fully saturated rings. The lowest BCUT2D eigenvalue weighted by Crippen LogP contribution is -2.42. The standard InChI is InChI=1S/C16H25N3O.ClH/c1-2-6-15(17)16(20)18-11-13-9-10-19(12-13)14-7-4-3-5-8-14;/h3-5,7-8,13,15H,2,6,9-12,17H2,1H3,(H,18,20);1H. The molecule has 0 saturated carbocycles. The van der Waals surface area contributed by atoms with Crippen LogP contribution in [0.2, 0.25) is 0 Å². The van der Waals surface area contributed by atoms with Crippen LogP contribution in [0.25, 0.3) is 0 Å². The maximum Gasteiger partial charge on any atom is 0.236 e. The molecule has 2 unspecified atom stereocenters. The van der Waals surface area contributed by atoms with E-state index in [0.717, 1.165) is 38.9 Å². The summed E-state index contributed by atoms with van der Waals surface area (Å²) in [7, 11) is 0. The Labute approximate surface area is 133 Å². The molecule has 21 heavy (non-hydrogen) atoms. The van der Waals surface area contributed by atoms with Gasteiger partial charge in [0.15, 0.2) is 0 Å². The summed E-state index contributed by atoms with van der Waals surface area (Å²) < 4.78 is 0. The molecule has 1 heterocycles. The minimum Gasteiger partial charge on any atom is -0.371 e. The lowest BCUT2D eigenvalue weighted by molar-refractivity contribution is -0.122. The summed E-state index contributed by atoms with van der Waals surface area (Å²) in [6.07, 6.45) is 2.82. The van der Waals surface area contributed by atoms with Gasteiger partial charge in [-0.05, 0) is 30.9 Å². The van der Waals surface area contributed by atoms with E-state index in [4.69, 9.17) is 5.73 Å². The first-order valence-corrected chi connectivity index (χ1v) is 7.54. The minimum absolute atomic E-state index is 0. The van der Waals surface area contributed by atoms with Crippen molar-refractivity contribution in [3.63, 3.8) is 0 Å². The Balaban J connectivity index is 0.00000220. The molecule has 1 aliphatic rings. The second-order valence-electron chi connectivity index (χ2n) is 5.58. The smallest absolute Gasteiger partial charge is 0.236 e. The number of hydrogen-bond acceptors (Lipinski definition) is 3. The van der Waals surface area contributed by atoms with E-state index in [1.807, 2.05) is 13.0 Å². The van der Waals surface area contributed by atoms with Gasteiger partial charge in [-0.1, -0.05) is 31.5 Å². The second kappa shape index (κ2) is 8.90. The lowest BCUT2D eigenvalue weighted by Gasteiger charge is -2.19. The molecule has 1 aromatic rings. The van der Waals surface area contributed by atoms with Crippen LogP contribution in [0.1, 0.15) is 26.2 Å². The van der Waals surface area contributed by atoms with Crippen molar-refractivity contribution in [2.24, 2.45) is 11.7 Å². The number of benzene rings is 1. The van der Waals surface area contributed by atoms with Crippen molar-refractivity contribution in [3.8, 4) is 0 Å². The molecule has 0 aromatic heterocycles. The highest BCUT2D eigenvalue weighted by molar-refractivity contribution is 5.85. The van der Waals surface area contributed by atoms with Crippen LogP contribution in [-0.2, 0) is 4.79 Å². The number of nitrogens with two attached hydrogens (primary N) is 1. The summed E-state index contributed by atoms with van der Waals surface area (Å²) in [5.41, 5.74) is 7.08. The molecular formula is C16H26ClN3O. The fraction of sp³-hybridized carbons (Fsp3) is 0.562. The topological polar surface area (TPSA) is 58.4 Å². The fourth-order valence-electron chi connectivity index (χ4n) is 2.69. The van der Waals surface area contributed by atoms with Crippen molar-refractivity contribution < 1.29 is 4.79 Å². The van der Waals surface area contributed by atoms with E-state index in [1.54, 1.807) is 0 Å². The number of carbonyl (C=O) groups is 1. The number of carbonyl (C=O) groups excluding carboxylic acids is 1. The summed E-state index contributed by atoms with van der Waals surface area (Å²) in [6.45, 7) is 4.85. The number of anilines is 1. The van der Waals surface area contributed by atoms with Gasteiger partial charge in [0.2, 0.25) is 5.91 Å². The van der Waals surface area contributed by atoms with Gasteiger partial charge in [0.05, 0.1) is 6.04 Å². The number of para-hydroxylation sites is 1. The van der Waals surface area contributed by atoms with Crippen molar-refractivity contribution >= 4 is 24.0 Å². The van der Waals surface area contributed by atoms with Gasteiger partial charge in [-0.2, -0.15) is 0 Å². The molecule has 0 spiro atoms. The highest BCUT2D eigenvalue weighted by Crippen LogP contribution is 2.22. The summed E-state index contributed by atoms with van der Waals surface area (Å²) in [5, 5.41) is 2.99. The van der Waals surface area contributed by atoms with Gasteiger partial charge >= 0.3 is 0 Å².